The molecule has 2 aromatic rings. The van der Waals surface area contributed by atoms with E-state index in [1.54, 1.807) is 18.2 Å². The number of carbonyl (C=O) groups is 1. The second-order valence-electron chi connectivity index (χ2n) is 4.41. The zero-order chi connectivity index (χ0) is 14.5. The van der Waals surface area contributed by atoms with Crippen molar-refractivity contribution in [3.63, 3.8) is 0 Å². The first kappa shape index (κ1) is 14.3. The number of nitrogens with zero attached hydrogens (tertiary/aromatic N) is 1. The highest BCUT2D eigenvalue weighted by Crippen LogP contribution is 2.20. The van der Waals surface area contributed by atoms with Crippen LogP contribution in [0.15, 0.2) is 47.1 Å². The average Bonchev–Trinajstić information content (AvgIpc) is 2.97. The zero-order valence-electron chi connectivity index (χ0n) is 11.2. The fraction of sp³-hybridized carbons (Fsp3) is 0.200. The van der Waals surface area contributed by atoms with Crippen LogP contribution in [0.1, 0.15) is 17.7 Å². The molecule has 1 aromatic heterocycles. The molecule has 2 N–H and O–H groups in total. The minimum Gasteiger partial charge on any atom is -0.469 e. The maximum absolute atomic E-state index is 12.2. The lowest BCUT2D eigenvalue weighted by molar-refractivity contribution is -0.118. The Kier molecular flexibility index (Phi) is 4.53. The van der Waals surface area contributed by atoms with Gasteiger partial charge in [-0.05, 0) is 24.3 Å². The predicted molar refractivity (Wildman–Crippen MR) is 82.8 cm³/mol. The molecule has 0 aliphatic heterocycles. The van der Waals surface area contributed by atoms with Crippen LogP contribution in [0.4, 0.5) is 5.69 Å². The number of furan rings is 1. The van der Waals surface area contributed by atoms with Crippen molar-refractivity contribution in [2.24, 2.45) is 5.73 Å². The number of para-hydroxylation sites is 1. The van der Waals surface area contributed by atoms with Gasteiger partial charge < -0.3 is 15.1 Å². The second kappa shape index (κ2) is 6.34. The number of rotatable bonds is 5. The molecule has 0 saturated heterocycles. The minimum absolute atomic E-state index is 0.00917. The molecule has 1 heterocycles. The van der Waals surface area contributed by atoms with Crippen molar-refractivity contribution in [3.05, 3.63) is 54.0 Å². The number of anilines is 1. The first-order chi connectivity index (χ1) is 9.59. The van der Waals surface area contributed by atoms with Gasteiger partial charge in [0.05, 0.1) is 12.0 Å². The van der Waals surface area contributed by atoms with Crippen molar-refractivity contribution in [1.82, 2.24) is 0 Å². The number of thiocarbonyl (C=S) groups is 1. The standard InChI is InChI=1S/C15H16N2O2S/c1-17(13-7-3-2-6-12(13)15(16)20)14(18)9-8-11-5-4-10-19-11/h2-7,10H,8-9H2,1H3,(H2,16,20). The predicted octanol–water partition coefficient (Wildman–Crippen LogP) is 2.51. The van der Waals surface area contributed by atoms with Gasteiger partial charge in [0.15, 0.2) is 0 Å². The SMILES string of the molecule is CN(C(=O)CCc1ccco1)c1ccccc1C(N)=S. The van der Waals surface area contributed by atoms with E-state index in [4.69, 9.17) is 22.4 Å². The van der Waals surface area contributed by atoms with Crippen LogP contribution in [0.5, 0.6) is 0 Å². The van der Waals surface area contributed by atoms with Gasteiger partial charge in [0.25, 0.3) is 0 Å². The fourth-order valence-corrected chi connectivity index (χ4v) is 2.13. The summed E-state index contributed by atoms with van der Waals surface area (Å²) in [6.07, 6.45) is 2.55. The summed E-state index contributed by atoms with van der Waals surface area (Å²) in [6.45, 7) is 0. The summed E-state index contributed by atoms with van der Waals surface area (Å²) in [5, 5.41) is 0. The van der Waals surface area contributed by atoms with E-state index in [0.717, 1.165) is 11.4 Å². The topological polar surface area (TPSA) is 59.5 Å². The molecule has 5 heteroatoms. The quantitative estimate of drug-likeness (QED) is 0.859. The summed E-state index contributed by atoms with van der Waals surface area (Å²) in [5.74, 6) is 0.791. The van der Waals surface area contributed by atoms with Gasteiger partial charge in [0, 0.05) is 25.5 Å². The van der Waals surface area contributed by atoms with Crippen molar-refractivity contribution in [1.29, 1.82) is 0 Å². The Morgan fingerprint density at radius 1 is 1.30 bits per heavy atom. The van der Waals surface area contributed by atoms with Crippen LogP contribution in [-0.4, -0.2) is 17.9 Å². The first-order valence-corrected chi connectivity index (χ1v) is 6.68. The van der Waals surface area contributed by atoms with Crippen LogP contribution >= 0.6 is 12.2 Å². The van der Waals surface area contributed by atoms with Gasteiger partial charge in [-0.2, -0.15) is 0 Å². The normalized spacial score (nSPS) is 10.2. The Bertz CT molecular complexity index is 608. The van der Waals surface area contributed by atoms with Crippen LogP contribution in [0.3, 0.4) is 0 Å². The molecule has 1 amide bonds. The summed E-state index contributed by atoms with van der Waals surface area (Å²) in [5.41, 5.74) is 7.11. The molecule has 0 fully saturated rings. The third-order valence-corrected chi connectivity index (χ3v) is 3.29. The Morgan fingerprint density at radius 3 is 2.70 bits per heavy atom. The van der Waals surface area contributed by atoms with Gasteiger partial charge in [-0.25, -0.2) is 0 Å². The highest BCUT2D eigenvalue weighted by Gasteiger charge is 2.15. The van der Waals surface area contributed by atoms with E-state index in [0.29, 0.717) is 18.4 Å². The van der Waals surface area contributed by atoms with Crippen LogP contribution < -0.4 is 10.6 Å². The smallest absolute Gasteiger partial charge is 0.227 e. The van der Waals surface area contributed by atoms with Crippen molar-refractivity contribution in [2.45, 2.75) is 12.8 Å². The highest BCUT2D eigenvalue weighted by molar-refractivity contribution is 7.80. The number of aryl methyl sites for hydroxylation is 1. The number of hydrogen-bond donors (Lipinski definition) is 1. The minimum atomic E-state index is -0.00917. The molecule has 4 nitrogen and oxygen atoms in total. The van der Waals surface area contributed by atoms with E-state index in [9.17, 15) is 4.79 Å². The number of nitrogens with two attached hydrogens (primary N) is 1. The van der Waals surface area contributed by atoms with Gasteiger partial charge in [-0.1, -0.05) is 24.4 Å². The molecule has 0 radical (unpaired) electrons. The molecule has 0 spiro atoms. The van der Waals surface area contributed by atoms with Crippen molar-refractivity contribution >= 4 is 28.8 Å². The van der Waals surface area contributed by atoms with E-state index in [2.05, 4.69) is 0 Å². The van der Waals surface area contributed by atoms with Crippen molar-refractivity contribution in [3.8, 4) is 0 Å². The molecule has 0 bridgehead atoms. The lowest BCUT2D eigenvalue weighted by atomic mass is 10.1. The van der Waals surface area contributed by atoms with E-state index < -0.39 is 0 Å². The first-order valence-electron chi connectivity index (χ1n) is 6.27. The molecular formula is C15H16N2O2S. The molecule has 0 saturated carbocycles. The summed E-state index contributed by atoms with van der Waals surface area (Å²) in [4.78, 5) is 14.1. The van der Waals surface area contributed by atoms with Crippen LogP contribution in [0, 0.1) is 0 Å². The van der Waals surface area contributed by atoms with Crippen LogP contribution in [0.25, 0.3) is 0 Å². The van der Waals surface area contributed by atoms with E-state index in [1.807, 2.05) is 36.4 Å². The largest absolute Gasteiger partial charge is 0.469 e. The van der Waals surface area contributed by atoms with Crippen molar-refractivity contribution < 1.29 is 9.21 Å². The van der Waals surface area contributed by atoms with Crippen molar-refractivity contribution in [2.75, 3.05) is 11.9 Å². The fourth-order valence-electron chi connectivity index (χ4n) is 1.96. The summed E-state index contributed by atoms with van der Waals surface area (Å²) < 4.78 is 5.22. The molecule has 0 unspecified atom stereocenters. The molecule has 0 atom stereocenters. The molecule has 2 rings (SSSR count). The van der Waals surface area contributed by atoms with E-state index >= 15 is 0 Å². The van der Waals surface area contributed by atoms with Crippen LogP contribution in [0.2, 0.25) is 0 Å². The van der Waals surface area contributed by atoms with Gasteiger partial charge in [0.2, 0.25) is 5.91 Å². The third kappa shape index (κ3) is 3.24. The maximum Gasteiger partial charge on any atom is 0.227 e. The maximum atomic E-state index is 12.2. The molecule has 0 aliphatic carbocycles. The van der Waals surface area contributed by atoms with E-state index in [1.165, 1.54) is 0 Å². The van der Waals surface area contributed by atoms with E-state index in [-0.39, 0.29) is 10.9 Å². The lowest BCUT2D eigenvalue weighted by Crippen LogP contribution is -2.28. The molecular weight excluding hydrogens is 272 g/mol. The molecule has 0 aliphatic rings. The average molecular weight is 288 g/mol. The third-order valence-electron chi connectivity index (χ3n) is 3.07. The summed E-state index contributed by atoms with van der Waals surface area (Å²) in [7, 11) is 1.72. The molecule has 1 aromatic carbocycles. The van der Waals surface area contributed by atoms with Gasteiger partial charge in [-0.3, -0.25) is 4.79 Å². The molecule has 20 heavy (non-hydrogen) atoms. The zero-order valence-corrected chi connectivity index (χ0v) is 12.0. The number of benzene rings is 1. The number of carbonyl (C=O) groups excluding carboxylic acids is 1. The number of hydrogen-bond acceptors (Lipinski definition) is 3. The Balaban J connectivity index is 2.08. The monoisotopic (exact) mass is 288 g/mol. The Morgan fingerprint density at radius 2 is 2.05 bits per heavy atom. The lowest BCUT2D eigenvalue weighted by Gasteiger charge is -2.20. The number of amides is 1. The van der Waals surface area contributed by atoms with Gasteiger partial charge >= 0.3 is 0 Å². The van der Waals surface area contributed by atoms with Gasteiger partial charge in [-0.15, -0.1) is 0 Å². The Labute approximate surface area is 123 Å². The Hall–Kier alpha value is -2.14. The second-order valence-corrected chi connectivity index (χ2v) is 4.85. The summed E-state index contributed by atoms with van der Waals surface area (Å²) in [6, 6.07) is 11.0. The van der Waals surface area contributed by atoms with Crippen LogP contribution in [-0.2, 0) is 11.2 Å². The van der Waals surface area contributed by atoms with Gasteiger partial charge in [0.1, 0.15) is 10.7 Å². The summed E-state index contributed by atoms with van der Waals surface area (Å²) >= 11 is 5.01. The molecule has 104 valence electrons. The highest BCUT2D eigenvalue weighted by atomic mass is 32.1.